The van der Waals surface area contributed by atoms with Crippen molar-refractivity contribution in [2.75, 3.05) is 17.2 Å². The SMILES string of the molecule is Cc1ccccc1NC(=O)c1ccc(NC2=C(Cl)C(=O)N(CCc3ccccc3)C2=O)cc1. The zero-order chi connectivity index (χ0) is 23.4. The zero-order valence-corrected chi connectivity index (χ0v) is 18.7. The van der Waals surface area contributed by atoms with Crippen LogP contribution < -0.4 is 10.6 Å². The van der Waals surface area contributed by atoms with E-state index in [2.05, 4.69) is 10.6 Å². The summed E-state index contributed by atoms with van der Waals surface area (Å²) in [5, 5.41) is 5.66. The Hall–Kier alpha value is -3.90. The third-order valence-corrected chi connectivity index (χ3v) is 5.74. The van der Waals surface area contributed by atoms with Crippen LogP contribution in [0.5, 0.6) is 0 Å². The summed E-state index contributed by atoms with van der Waals surface area (Å²) < 4.78 is 0. The van der Waals surface area contributed by atoms with Crippen LogP contribution in [0.4, 0.5) is 11.4 Å². The van der Waals surface area contributed by atoms with E-state index >= 15 is 0 Å². The van der Waals surface area contributed by atoms with Gasteiger partial charge < -0.3 is 10.6 Å². The van der Waals surface area contributed by atoms with E-state index < -0.39 is 11.8 Å². The summed E-state index contributed by atoms with van der Waals surface area (Å²) in [4.78, 5) is 39.0. The van der Waals surface area contributed by atoms with Crippen molar-refractivity contribution in [1.29, 1.82) is 0 Å². The third-order valence-electron chi connectivity index (χ3n) is 5.39. The fourth-order valence-corrected chi connectivity index (χ4v) is 3.73. The van der Waals surface area contributed by atoms with Crippen molar-refractivity contribution in [3.63, 3.8) is 0 Å². The maximum atomic E-state index is 12.8. The minimum Gasteiger partial charge on any atom is -0.350 e. The number of hydrogen-bond donors (Lipinski definition) is 2. The molecule has 0 fully saturated rings. The molecule has 4 rings (SSSR count). The number of para-hydroxylation sites is 1. The first-order chi connectivity index (χ1) is 15.9. The fourth-order valence-electron chi connectivity index (χ4n) is 3.50. The lowest BCUT2D eigenvalue weighted by Gasteiger charge is -2.15. The first kappa shape index (κ1) is 22.3. The van der Waals surface area contributed by atoms with Gasteiger partial charge >= 0.3 is 0 Å². The highest BCUT2D eigenvalue weighted by atomic mass is 35.5. The summed E-state index contributed by atoms with van der Waals surface area (Å²) in [6.45, 7) is 2.16. The van der Waals surface area contributed by atoms with Crippen molar-refractivity contribution in [3.8, 4) is 0 Å². The van der Waals surface area contributed by atoms with Crippen molar-refractivity contribution in [1.82, 2.24) is 4.90 Å². The smallest absolute Gasteiger partial charge is 0.278 e. The Balaban J connectivity index is 1.41. The third kappa shape index (κ3) is 4.96. The van der Waals surface area contributed by atoms with Gasteiger partial charge in [0, 0.05) is 23.5 Å². The van der Waals surface area contributed by atoms with Crippen LogP contribution >= 0.6 is 11.6 Å². The van der Waals surface area contributed by atoms with E-state index in [9.17, 15) is 14.4 Å². The number of carbonyl (C=O) groups excluding carboxylic acids is 3. The molecule has 0 atom stereocenters. The molecule has 7 heteroatoms. The molecular formula is C26H22ClN3O3. The molecule has 1 aliphatic rings. The number of aryl methyl sites for hydroxylation is 1. The minimum absolute atomic E-state index is 0.0341. The molecule has 0 radical (unpaired) electrons. The maximum absolute atomic E-state index is 12.8. The summed E-state index contributed by atoms with van der Waals surface area (Å²) >= 11 is 6.18. The van der Waals surface area contributed by atoms with Crippen LogP contribution in [0.3, 0.4) is 0 Å². The van der Waals surface area contributed by atoms with Gasteiger partial charge in [-0.05, 0) is 54.8 Å². The Morgan fingerprint density at radius 3 is 2.24 bits per heavy atom. The van der Waals surface area contributed by atoms with E-state index in [4.69, 9.17) is 11.6 Å². The highest BCUT2D eigenvalue weighted by Gasteiger charge is 2.37. The zero-order valence-electron chi connectivity index (χ0n) is 18.0. The van der Waals surface area contributed by atoms with Crippen molar-refractivity contribution in [2.45, 2.75) is 13.3 Å². The number of rotatable bonds is 7. The molecule has 33 heavy (non-hydrogen) atoms. The Bertz CT molecular complexity index is 1240. The molecule has 1 aliphatic heterocycles. The first-order valence-electron chi connectivity index (χ1n) is 10.5. The van der Waals surface area contributed by atoms with Crippen LogP contribution in [0.2, 0.25) is 0 Å². The largest absolute Gasteiger partial charge is 0.350 e. The van der Waals surface area contributed by atoms with E-state index in [1.54, 1.807) is 24.3 Å². The van der Waals surface area contributed by atoms with Crippen LogP contribution in [-0.4, -0.2) is 29.2 Å². The Morgan fingerprint density at radius 1 is 0.879 bits per heavy atom. The van der Waals surface area contributed by atoms with Crippen LogP contribution in [-0.2, 0) is 16.0 Å². The average molecular weight is 460 g/mol. The monoisotopic (exact) mass is 459 g/mol. The molecule has 0 aliphatic carbocycles. The van der Waals surface area contributed by atoms with Gasteiger partial charge in [-0.1, -0.05) is 60.1 Å². The van der Waals surface area contributed by atoms with Crippen LogP contribution in [0.25, 0.3) is 0 Å². The number of amides is 3. The van der Waals surface area contributed by atoms with Gasteiger partial charge in [0.1, 0.15) is 10.7 Å². The van der Waals surface area contributed by atoms with Gasteiger partial charge in [0.15, 0.2) is 0 Å². The average Bonchev–Trinajstić information content (AvgIpc) is 3.03. The van der Waals surface area contributed by atoms with Gasteiger partial charge in [-0.25, -0.2) is 0 Å². The standard InChI is InChI=1S/C26H22ClN3O3/c1-17-7-5-6-10-21(17)29-24(31)19-11-13-20(14-12-19)28-23-22(27)25(32)30(26(23)33)16-15-18-8-3-2-4-9-18/h2-14,28H,15-16H2,1H3,(H,29,31). The van der Waals surface area contributed by atoms with E-state index in [0.29, 0.717) is 17.7 Å². The van der Waals surface area contributed by atoms with Crippen LogP contribution in [0.1, 0.15) is 21.5 Å². The fraction of sp³-hybridized carbons (Fsp3) is 0.115. The van der Waals surface area contributed by atoms with Gasteiger partial charge in [0.05, 0.1) is 0 Å². The topological polar surface area (TPSA) is 78.5 Å². The number of hydrogen-bond acceptors (Lipinski definition) is 4. The van der Waals surface area contributed by atoms with Crippen LogP contribution in [0.15, 0.2) is 89.6 Å². The number of nitrogens with one attached hydrogen (secondary N) is 2. The van der Waals surface area contributed by atoms with E-state index in [1.165, 1.54) is 0 Å². The quantitative estimate of drug-likeness (QED) is 0.501. The molecular weight excluding hydrogens is 438 g/mol. The first-order valence-corrected chi connectivity index (χ1v) is 10.9. The normalized spacial score (nSPS) is 13.5. The second kappa shape index (κ2) is 9.71. The van der Waals surface area contributed by atoms with E-state index in [1.807, 2.05) is 61.5 Å². The number of carbonyl (C=O) groups is 3. The molecule has 2 N–H and O–H groups in total. The van der Waals surface area contributed by atoms with E-state index in [-0.39, 0.29) is 23.2 Å². The number of benzene rings is 3. The van der Waals surface area contributed by atoms with Crippen molar-refractivity contribution in [2.24, 2.45) is 0 Å². The maximum Gasteiger partial charge on any atom is 0.278 e. The number of halogens is 1. The summed E-state index contributed by atoms with van der Waals surface area (Å²) in [5.74, 6) is -1.23. The van der Waals surface area contributed by atoms with Gasteiger partial charge in [0.25, 0.3) is 17.7 Å². The van der Waals surface area contributed by atoms with Crippen LogP contribution in [0, 0.1) is 6.92 Å². The summed E-state index contributed by atoms with van der Waals surface area (Å²) in [6.07, 6.45) is 0.542. The van der Waals surface area contributed by atoms with Gasteiger partial charge in [0.2, 0.25) is 0 Å². The lowest BCUT2D eigenvalue weighted by atomic mass is 10.1. The van der Waals surface area contributed by atoms with Crippen molar-refractivity contribution < 1.29 is 14.4 Å². The molecule has 0 spiro atoms. The summed E-state index contributed by atoms with van der Waals surface area (Å²) in [5.41, 5.74) is 3.77. The predicted molar refractivity (Wildman–Crippen MR) is 129 cm³/mol. The summed E-state index contributed by atoms with van der Waals surface area (Å²) in [6, 6.07) is 23.7. The molecule has 0 bridgehead atoms. The predicted octanol–water partition coefficient (Wildman–Crippen LogP) is 4.72. The van der Waals surface area contributed by atoms with Crippen molar-refractivity contribution in [3.05, 3.63) is 106 Å². The second-order valence-corrected chi connectivity index (χ2v) is 8.04. The number of imide groups is 1. The molecule has 0 aromatic heterocycles. The Morgan fingerprint density at radius 2 is 1.55 bits per heavy atom. The number of nitrogens with zero attached hydrogens (tertiary/aromatic N) is 1. The molecule has 6 nitrogen and oxygen atoms in total. The molecule has 0 unspecified atom stereocenters. The van der Waals surface area contributed by atoms with Gasteiger partial charge in [-0.3, -0.25) is 19.3 Å². The molecule has 3 amide bonds. The lowest BCUT2D eigenvalue weighted by Crippen LogP contribution is -2.34. The molecule has 1 heterocycles. The van der Waals surface area contributed by atoms with Gasteiger partial charge in [-0.2, -0.15) is 0 Å². The molecule has 3 aromatic rings. The highest BCUT2D eigenvalue weighted by molar-refractivity contribution is 6.48. The van der Waals surface area contributed by atoms with Crippen molar-refractivity contribution >= 4 is 40.7 Å². The Labute approximate surface area is 196 Å². The van der Waals surface area contributed by atoms with Gasteiger partial charge in [-0.15, -0.1) is 0 Å². The lowest BCUT2D eigenvalue weighted by molar-refractivity contribution is -0.137. The Kier molecular flexibility index (Phi) is 6.56. The summed E-state index contributed by atoms with van der Waals surface area (Å²) in [7, 11) is 0. The molecule has 3 aromatic carbocycles. The van der Waals surface area contributed by atoms with E-state index in [0.717, 1.165) is 21.7 Å². The molecule has 166 valence electrons. The highest BCUT2D eigenvalue weighted by Crippen LogP contribution is 2.26. The second-order valence-electron chi connectivity index (χ2n) is 7.66. The minimum atomic E-state index is -0.519. The number of anilines is 2. The molecule has 0 saturated carbocycles. The molecule has 0 saturated heterocycles.